The first-order valence-electron chi connectivity index (χ1n) is 13.8. The van der Waals surface area contributed by atoms with Crippen LogP contribution in [0.25, 0.3) is 0 Å². The fraction of sp³-hybridized carbons (Fsp3) is 0.621. The van der Waals surface area contributed by atoms with E-state index >= 15 is 0 Å². The Kier molecular flexibility index (Phi) is 7.35. The van der Waals surface area contributed by atoms with Crippen LogP contribution in [0, 0.1) is 34.5 Å². The van der Waals surface area contributed by atoms with Crippen LogP contribution in [-0.4, -0.2) is 26.0 Å². The minimum Gasteiger partial charge on any atom is -0.381 e. The number of hydrogen-bond donors (Lipinski definition) is 1. The quantitative estimate of drug-likeness (QED) is 0.217. The van der Waals surface area contributed by atoms with E-state index < -0.39 is 50.5 Å². The van der Waals surface area contributed by atoms with Crippen LogP contribution in [-0.2, 0) is 19.1 Å². The number of hydrogen-bond acceptors (Lipinski definition) is 4. The topological polar surface area (TPSA) is 72.5 Å². The fourth-order valence-electron chi connectivity index (χ4n) is 8.23. The summed E-state index contributed by atoms with van der Waals surface area (Å²) in [4.78, 5) is 13.4. The van der Waals surface area contributed by atoms with Crippen LogP contribution in [0.1, 0.15) is 70.4 Å². The summed E-state index contributed by atoms with van der Waals surface area (Å²) in [5.41, 5.74) is -5.68. The van der Waals surface area contributed by atoms with Gasteiger partial charge >= 0.3 is 21.8 Å². The molecule has 5 nitrogen and oxygen atoms in total. The smallest absolute Gasteiger partial charge is 0.381 e. The number of benzene rings is 1. The van der Waals surface area contributed by atoms with Gasteiger partial charge in [0.25, 0.3) is 0 Å². The van der Waals surface area contributed by atoms with Crippen molar-refractivity contribution in [2.24, 2.45) is 34.5 Å². The van der Waals surface area contributed by atoms with Gasteiger partial charge in [0.15, 0.2) is 6.04 Å². The van der Waals surface area contributed by atoms with Crippen molar-refractivity contribution in [3.05, 3.63) is 59.4 Å². The first kappa shape index (κ1) is 30.0. The molecule has 41 heavy (non-hydrogen) atoms. The zero-order valence-electron chi connectivity index (χ0n) is 22.7. The summed E-state index contributed by atoms with van der Waals surface area (Å²) >= 11 is 0. The normalized spacial score (nSPS) is 34.3. The van der Waals surface area contributed by atoms with E-state index in [1.807, 2.05) is 19.9 Å². The van der Waals surface area contributed by atoms with Crippen LogP contribution in [0.3, 0.4) is 0 Å². The predicted molar refractivity (Wildman–Crippen MR) is 138 cm³/mol. The number of halogens is 6. The lowest BCUT2D eigenvalue weighted by Gasteiger charge is -2.56. The van der Waals surface area contributed by atoms with Crippen molar-refractivity contribution in [2.45, 2.75) is 76.5 Å². The van der Waals surface area contributed by atoms with Crippen molar-refractivity contribution < 1.29 is 43.7 Å². The largest absolute Gasteiger partial charge is 0.534 e. The molecule has 0 saturated heterocycles. The molecule has 1 aromatic rings. The third-order valence-corrected chi connectivity index (χ3v) is 11.3. The number of allylic oxidation sites excluding steroid dienone is 4. The Morgan fingerprint density at radius 2 is 1.68 bits per heavy atom. The van der Waals surface area contributed by atoms with Gasteiger partial charge in [0, 0.05) is 12.3 Å². The molecule has 12 heteroatoms. The average molecular weight is 606 g/mol. The zero-order valence-corrected chi connectivity index (χ0v) is 23.5. The van der Waals surface area contributed by atoms with Crippen LogP contribution in [0.5, 0.6) is 0 Å². The lowest BCUT2D eigenvalue weighted by Crippen LogP contribution is -2.51. The van der Waals surface area contributed by atoms with Crippen LogP contribution < -0.4 is 5.32 Å². The Balaban J connectivity index is 1.35. The van der Waals surface area contributed by atoms with E-state index in [-0.39, 0.29) is 35.5 Å². The van der Waals surface area contributed by atoms with Gasteiger partial charge in [0.1, 0.15) is 5.76 Å². The van der Waals surface area contributed by atoms with Crippen LogP contribution in [0.2, 0.25) is 0 Å². The van der Waals surface area contributed by atoms with E-state index in [1.54, 1.807) is 6.07 Å². The standard InChI is InChI=1S/C29H33F6NO4S/c1-26-14-12-19(40-41(38,39)29(33,34)35)16-18(26)8-9-20-21-10-11-23(27(21,2)15-13-22(20)26)25(37)36-24(28(30,31)32)17-6-4-3-5-7-17/h3-8,16,20-24H,9-15H2,1-2H3,(H,36,37)/t20-,21-,22-,23+,24?,26-,27-/m0/s1. The number of carbonyl (C=O) groups excluding carboxylic acids is 1. The minimum atomic E-state index is -5.75. The van der Waals surface area contributed by atoms with Gasteiger partial charge in [0.2, 0.25) is 5.91 Å². The van der Waals surface area contributed by atoms with Crippen molar-refractivity contribution in [3.63, 3.8) is 0 Å². The maximum Gasteiger partial charge on any atom is 0.534 e. The molecule has 0 aliphatic heterocycles. The first-order chi connectivity index (χ1) is 19.0. The van der Waals surface area contributed by atoms with Gasteiger partial charge in [-0.3, -0.25) is 4.79 Å². The summed E-state index contributed by atoms with van der Waals surface area (Å²) in [6, 6.07) is 5.23. The molecule has 0 radical (unpaired) electrons. The predicted octanol–water partition coefficient (Wildman–Crippen LogP) is 7.35. The number of alkyl halides is 6. The zero-order chi connectivity index (χ0) is 30.0. The van der Waals surface area contributed by atoms with Gasteiger partial charge in [-0.15, -0.1) is 0 Å². The molecule has 226 valence electrons. The maximum atomic E-state index is 14.0. The molecule has 0 bridgehead atoms. The number of rotatable bonds is 5. The summed E-state index contributed by atoms with van der Waals surface area (Å²) in [5, 5.41) is 2.31. The number of amides is 1. The summed E-state index contributed by atoms with van der Waals surface area (Å²) in [7, 11) is -5.75. The molecule has 1 unspecified atom stereocenters. The van der Waals surface area contributed by atoms with Crippen molar-refractivity contribution >= 4 is 16.0 Å². The van der Waals surface area contributed by atoms with Gasteiger partial charge < -0.3 is 9.50 Å². The summed E-state index contributed by atoms with van der Waals surface area (Å²) in [6.07, 6.45) is 2.27. The van der Waals surface area contributed by atoms with Crippen LogP contribution in [0.15, 0.2) is 53.8 Å². The molecule has 2 saturated carbocycles. The lowest BCUT2D eigenvalue weighted by atomic mass is 9.48. The SMILES string of the molecule is C[C@]12CC[C@H]3[C@@H](CC=C4C=C(OS(=O)(=O)C(F)(F)F)CC[C@@]43C)[C@@H]1CC[C@@H]2C(=O)NC(c1ccccc1)C(F)(F)F. The monoisotopic (exact) mass is 605 g/mol. The second kappa shape index (κ2) is 10.1. The van der Waals surface area contributed by atoms with E-state index in [9.17, 15) is 39.6 Å². The Morgan fingerprint density at radius 3 is 2.32 bits per heavy atom. The third-order valence-electron chi connectivity index (χ3n) is 10.3. The molecule has 0 heterocycles. The van der Waals surface area contributed by atoms with Crippen molar-refractivity contribution in [3.8, 4) is 0 Å². The number of fused-ring (bicyclic) bond motifs is 5. The van der Waals surface area contributed by atoms with E-state index in [4.69, 9.17) is 0 Å². The second-order valence-corrected chi connectivity index (χ2v) is 13.9. The molecule has 1 amide bonds. The highest BCUT2D eigenvalue weighted by molar-refractivity contribution is 7.87. The molecule has 0 aromatic heterocycles. The van der Waals surface area contributed by atoms with Crippen molar-refractivity contribution in [2.75, 3.05) is 0 Å². The molecular weight excluding hydrogens is 572 g/mol. The highest BCUT2D eigenvalue weighted by atomic mass is 32.2. The molecule has 2 fully saturated rings. The Labute approximate surface area is 235 Å². The van der Waals surface area contributed by atoms with Crippen molar-refractivity contribution in [1.82, 2.24) is 5.32 Å². The molecule has 4 aliphatic carbocycles. The van der Waals surface area contributed by atoms with Crippen LogP contribution >= 0.6 is 0 Å². The molecule has 7 atom stereocenters. The highest BCUT2D eigenvalue weighted by Gasteiger charge is 2.60. The summed E-state index contributed by atoms with van der Waals surface area (Å²) in [6.45, 7) is 4.04. The molecule has 0 spiro atoms. The van der Waals surface area contributed by atoms with E-state index in [1.165, 1.54) is 30.3 Å². The van der Waals surface area contributed by atoms with Crippen LogP contribution in [0.4, 0.5) is 26.3 Å². The minimum absolute atomic E-state index is 0.0219. The summed E-state index contributed by atoms with van der Waals surface area (Å²) < 4.78 is 108. The fourth-order valence-corrected chi connectivity index (χ4v) is 8.73. The van der Waals surface area contributed by atoms with Gasteiger partial charge in [0.05, 0.1) is 0 Å². The maximum absolute atomic E-state index is 14.0. The molecule has 5 rings (SSSR count). The van der Waals surface area contributed by atoms with E-state index in [0.717, 1.165) is 5.57 Å². The highest BCUT2D eigenvalue weighted by Crippen LogP contribution is 2.66. The molecule has 1 N–H and O–H groups in total. The van der Waals surface area contributed by atoms with Gasteiger partial charge in [-0.25, -0.2) is 0 Å². The third kappa shape index (κ3) is 5.18. The Hall–Kier alpha value is -2.50. The van der Waals surface area contributed by atoms with Gasteiger partial charge in [-0.1, -0.05) is 50.3 Å². The van der Waals surface area contributed by atoms with E-state index in [2.05, 4.69) is 9.50 Å². The Bertz CT molecular complexity index is 1360. The molecular formula is C29H33F6NO4S. The summed E-state index contributed by atoms with van der Waals surface area (Å²) in [5.74, 6) is -1.00. The molecule has 4 aliphatic rings. The Morgan fingerprint density at radius 1 is 1.00 bits per heavy atom. The number of nitrogens with one attached hydrogen (secondary N) is 1. The molecule has 1 aromatic carbocycles. The first-order valence-corrected chi connectivity index (χ1v) is 15.2. The van der Waals surface area contributed by atoms with E-state index in [0.29, 0.717) is 38.5 Å². The number of carbonyl (C=O) groups is 1. The second-order valence-electron chi connectivity index (χ2n) is 12.4. The van der Waals surface area contributed by atoms with Gasteiger partial charge in [-0.05, 0) is 84.3 Å². The van der Waals surface area contributed by atoms with Gasteiger partial charge in [-0.2, -0.15) is 34.8 Å². The lowest BCUT2D eigenvalue weighted by molar-refractivity contribution is -0.166. The average Bonchev–Trinajstić information content (AvgIpc) is 3.24. The van der Waals surface area contributed by atoms with Crippen molar-refractivity contribution in [1.29, 1.82) is 0 Å².